The van der Waals surface area contributed by atoms with Crippen molar-refractivity contribution in [1.82, 2.24) is 0 Å². The largest absolute Gasteiger partial charge is 0.399 e. The molecule has 0 unspecified atom stereocenters. The predicted octanol–water partition coefficient (Wildman–Crippen LogP) is 2.98. The average Bonchev–Trinajstić information content (AvgIpc) is 2.02. The molecule has 0 amide bonds. The minimum Gasteiger partial charge on any atom is -0.399 e. The zero-order chi connectivity index (χ0) is 11.0. The van der Waals surface area contributed by atoms with Crippen molar-refractivity contribution in [2.45, 2.75) is 38.9 Å². The van der Waals surface area contributed by atoms with E-state index in [0.29, 0.717) is 5.04 Å². The molecule has 0 saturated carbocycles. The molecule has 0 aliphatic rings. The lowest BCUT2D eigenvalue weighted by molar-refractivity contribution is 0.729. The second-order valence-corrected chi connectivity index (χ2v) is 10.8. The zero-order valence-corrected chi connectivity index (χ0v) is 10.9. The van der Waals surface area contributed by atoms with Gasteiger partial charge in [0.1, 0.15) is 0 Å². The Morgan fingerprint density at radius 2 is 1.57 bits per heavy atom. The molecule has 1 nitrogen and oxygen atoms in total. The smallest absolute Gasteiger partial charge is 0.0886 e. The van der Waals surface area contributed by atoms with Crippen LogP contribution in [0.1, 0.15) is 20.8 Å². The maximum Gasteiger partial charge on any atom is 0.0886 e. The van der Waals surface area contributed by atoms with Gasteiger partial charge in [-0.1, -0.05) is 52.1 Å². The molecule has 0 radical (unpaired) electrons. The third-order valence-corrected chi connectivity index (χ3v) is 9.06. The fourth-order valence-corrected chi connectivity index (χ4v) is 3.60. The molecule has 1 rings (SSSR count). The Bertz CT molecular complexity index is 323. The predicted molar refractivity (Wildman–Crippen MR) is 67.7 cm³/mol. The van der Waals surface area contributed by atoms with E-state index in [1.54, 1.807) is 0 Å². The van der Waals surface area contributed by atoms with E-state index in [9.17, 15) is 0 Å². The van der Waals surface area contributed by atoms with Gasteiger partial charge in [0.05, 0.1) is 8.07 Å². The van der Waals surface area contributed by atoms with Crippen molar-refractivity contribution in [3.63, 3.8) is 0 Å². The lowest BCUT2D eigenvalue weighted by Crippen LogP contribution is -2.50. The van der Waals surface area contributed by atoms with E-state index in [2.05, 4.69) is 46.0 Å². The maximum absolute atomic E-state index is 6.04. The summed E-state index contributed by atoms with van der Waals surface area (Å²) >= 11 is 0. The van der Waals surface area contributed by atoms with Crippen LogP contribution in [-0.4, -0.2) is 8.07 Å². The van der Waals surface area contributed by atoms with E-state index in [4.69, 9.17) is 5.73 Å². The first kappa shape index (κ1) is 11.3. The van der Waals surface area contributed by atoms with E-state index in [-0.39, 0.29) is 0 Å². The Labute approximate surface area is 88.3 Å². The molecule has 0 bridgehead atoms. The fourth-order valence-electron chi connectivity index (χ4n) is 1.47. The Morgan fingerprint density at radius 1 is 1.07 bits per heavy atom. The van der Waals surface area contributed by atoms with Crippen LogP contribution in [0.5, 0.6) is 0 Å². The van der Waals surface area contributed by atoms with Crippen LogP contribution in [0.3, 0.4) is 0 Å². The summed E-state index contributed by atoms with van der Waals surface area (Å²) in [5.41, 5.74) is 7.00. The molecule has 1 aromatic carbocycles. The second kappa shape index (κ2) is 3.43. The minimum absolute atomic E-state index is 0.350. The van der Waals surface area contributed by atoms with Crippen molar-refractivity contribution >= 4 is 18.9 Å². The van der Waals surface area contributed by atoms with Crippen molar-refractivity contribution in [3.8, 4) is 0 Å². The summed E-state index contributed by atoms with van der Waals surface area (Å²) in [5, 5.41) is 1.73. The third kappa shape index (κ3) is 1.85. The highest BCUT2D eigenvalue weighted by atomic mass is 28.3. The number of nitrogen functional groups attached to an aromatic ring is 1. The van der Waals surface area contributed by atoms with E-state index in [0.717, 1.165) is 5.69 Å². The minimum atomic E-state index is -1.45. The van der Waals surface area contributed by atoms with Crippen LogP contribution >= 0.6 is 0 Å². The van der Waals surface area contributed by atoms with E-state index >= 15 is 0 Å². The van der Waals surface area contributed by atoms with Gasteiger partial charge in [0, 0.05) is 5.69 Å². The van der Waals surface area contributed by atoms with Crippen LogP contribution in [0.2, 0.25) is 18.1 Å². The van der Waals surface area contributed by atoms with E-state index < -0.39 is 8.07 Å². The number of rotatable bonds is 1. The Hall–Kier alpha value is -0.763. The number of benzene rings is 1. The standard InChI is InChI=1S/C12H21NSi/c1-12(2,3)14(4,5)11-9-7-6-8-10(11)13/h6-9H,13H2,1-5H3. The highest BCUT2D eigenvalue weighted by Gasteiger charge is 2.37. The molecule has 0 aliphatic carbocycles. The van der Waals surface area contributed by atoms with Crippen molar-refractivity contribution in [2.75, 3.05) is 5.73 Å². The molecule has 2 heteroatoms. The molecule has 0 aromatic heterocycles. The summed E-state index contributed by atoms with van der Waals surface area (Å²) in [4.78, 5) is 0. The molecule has 14 heavy (non-hydrogen) atoms. The molecule has 78 valence electrons. The fraction of sp³-hybridized carbons (Fsp3) is 0.500. The van der Waals surface area contributed by atoms with Gasteiger partial charge in [0.2, 0.25) is 0 Å². The molecule has 0 atom stereocenters. The molecule has 0 heterocycles. The second-order valence-electron chi connectivity index (χ2n) is 5.46. The zero-order valence-electron chi connectivity index (χ0n) is 9.89. The third-order valence-electron chi connectivity index (χ3n) is 3.51. The first-order valence-electron chi connectivity index (χ1n) is 5.12. The van der Waals surface area contributed by atoms with Gasteiger partial charge < -0.3 is 5.73 Å². The van der Waals surface area contributed by atoms with Crippen molar-refractivity contribution in [3.05, 3.63) is 24.3 Å². The van der Waals surface area contributed by atoms with Crippen LogP contribution < -0.4 is 10.9 Å². The Morgan fingerprint density at radius 3 is 2.00 bits per heavy atom. The van der Waals surface area contributed by atoms with E-state index in [1.165, 1.54) is 5.19 Å². The van der Waals surface area contributed by atoms with Gasteiger partial charge in [-0.25, -0.2) is 0 Å². The summed E-state index contributed by atoms with van der Waals surface area (Å²) in [5.74, 6) is 0. The lowest BCUT2D eigenvalue weighted by Gasteiger charge is -2.38. The first-order valence-corrected chi connectivity index (χ1v) is 8.12. The van der Waals surface area contributed by atoms with Crippen molar-refractivity contribution < 1.29 is 0 Å². The summed E-state index contributed by atoms with van der Waals surface area (Å²) in [6, 6.07) is 8.29. The molecular formula is C12H21NSi. The molecule has 0 fully saturated rings. The van der Waals surface area contributed by atoms with Gasteiger partial charge in [-0.2, -0.15) is 0 Å². The number of nitrogens with two attached hydrogens (primary N) is 1. The van der Waals surface area contributed by atoms with Gasteiger partial charge in [-0.3, -0.25) is 0 Å². The van der Waals surface area contributed by atoms with Gasteiger partial charge in [-0.15, -0.1) is 0 Å². The number of hydrogen-bond donors (Lipinski definition) is 1. The summed E-state index contributed by atoms with van der Waals surface area (Å²) in [6.45, 7) is 11.7. The van der Waals surface area contributed by atoms with E-state index in [1.807, 2.05) is 12.1 Å². The SMILES string of the molecule is CC(C)(C)[Si](C)(C)c1ccccc1N. The molecule has 2 N–H and O–H groups in total. The van der Waals surface area contributed by atoms with Gasteiger partial charge >= 0.3 is 0 Å². The van der Waals surface area contributed by atoms with Crippen LogP contribution in [-0.2, 0) is 0 Å². The van der Waals surface area contributed by atoms with Gasteiger partial charge in [-0.05, 0) is 16.3 Å². The average molecular weight is 207 g/mol. The van der Waals surface area contributed by atoms with Gasteiger partial charge in [0.15, 0.2) is 0 Å². The number of anilines is 1. The van der Waals surface area contributed by atoms with Crippen LogP contribution in [0.4, 0.5) is 5.69 Å². The summed E-state index contributed by atoms with van der Waals surface area (Å²) in [7, 11) is -1.45. The lowest BCUT2D eigenvalue weighted by atomic mass is 10.2. The summed E-state index contributed by atoms with van der Waals surface area (Å²) < 4.78 is 0. The Balaban J connectivity index is 3.23. The maximum atomic E-state index is 6.04. The monoisotopic (exact) mass is 207 g/mol. The molecule has 0 saturated heterocycles. The van der Waals surface area contributed by atoms with Crippen molar-refractivity contribution in [2.24, 2.45) is 0 Å². The first-order chi connectivity index (χ1) is 6.27. The van der Waals surface area contributed by atoms with Crippen molar-refractivity contribution in [1.29, 1.82) is 0 Å². The summed E-state index contributed by atoms with van der Waals surface area (Å²) in [6.07, 6.45) is 0. The molecular weight excluding hydrogens is 186 g/mol. The highest BCUT2D eigenvalue weighted by Crippen LogP contribution is 2.36. The number of para-hydroxylation sites is 1. The quantitative estimate of drug-likeness (QED) is 0.556. The topological polar surface area (TPSA) is 26.0 Å². The van der Waals surface area contributed by atoms with Crippen LogP contribution in [0.15, 0.2) is 24.3 Å². The Kier molecular flexibility index (Phi) is 2.77. The molecule has 0 spiro atoms. The van der Waals surface area contributed by atoms with Crippen LogP contribution in [0.25, 0.3) is 0 Å². The van der Waals surface area contributed by atoms with Gasteiger partial charge in [0.25, 0.3) is 0 Å². The molecule has 1 aromatic rings. The molecule has 0 aliphatic heterocycles. The normalized spacial score (nSPS) is 12.9. The van der Waals surface area contributed by atoms with Crippen LogP contribution in [0, 0.1) is 0 Å². The highest BCUT2D eigenvalue weighted by molar-refractivity contribution is 6.93. The number of hydrogen-bond acceptors (Lipinski definition) is 1.